The number of hydrogen-bond acceptors (Lipinski definition) is 5. The number of aromatic nitrogens is 2. The second-order valence-electron chi connectivity index (χ2n) is 9.33. The fourth-order valence-corrected chi connectivity index (χ4v) is 4.21. The number of benzene rings is 4. The van der Waals surface area contributed by atoms with Crippen LogP contribution in [0, 0.1) is 5.92 Å². The quantitative estimate of drug-likeness (QED) is 0.191. The van der Waals surface area contributed by atoms with E-state index < -0.39 is 17.7 Å². The number of amides is 3. The lowest BCUT2D eigenvalue weighted by molar-refractivity contribution is -0.129. The molecule has 9 nitrogen and oxygen atoms in total. The number of nitrogens with one attached hydrogen (secondary N) is 3. The highest BCUT2D eigenvalue weighted by atomic mass is 16.2. The molecule has 4 aromatic carbocycles. The Morgan fingerprint density at radius 1 is 0.683 bits per heavy atom. The molecule has 0 saturated heterocycles. The van der Waals surface area contributed by atoms with Crippen molar-refractivity contribution >= 4 is 40.6 Å². The van der Waals surface area contributed by atoms with Gasteiger partial charge in [-0.1, -0.05) is 66.7 Å². The maximum atomic E-state index is 13.2. The number of nitrogen functional groups attached to an aromatic ring is 1. The smallest absolute Gasteiger partial charge is 0.256 e. The van der Waals surface area contributed by atoms with Gasteiger partial charge in [-0.15, -0.1) is 5.10 Å². The van der Waals surface area contributed by atoms with Crippen LogP contribution in [0.5, 0.6) is 0 Å². The summed E-state index contributed by atoms with van der Waals surface area (Å²) in [5.74, 6) is -2.02. The van der Waals surface area contributed by atoms with Crippen molar-refractivity contribution in [3.05, 3.63) is 133 Å². The van der Waals surface area contributed by atoms with E-state index in [2.05, 4.69) is 21.0 Å². The van der Waals surface area contributed by atoms with E-state index in [1.807, 2.05) is 42.5 Å². The molecule has 5 rings (SSSR count). The Labute approximate surface area is 237 Å². The number of carbonyl (C=O) groups excluding carboxylic acids is 3. The Bertz CT molecular complexity index is 1580. The van der Waals surface area contributed by atoms with Crippen LogP contribution in [0.25, 0.3) is 5.69 Å². The average Bonchev–Trinajstić information content (AvgIpc) is 3.37. The minimum atomic E-state index is -1.02. The van der Waals surface area contributed by atoms with Gasteiger partial charge in [0.2, 0.25) is 11.8 Å². The normalized spacial score (nSPS) is 10.7. The molecule has 204 valence electrons. The lowest BCUT2D eigenvalue weighted by Gasteiger charge is -2.17. The summed E-state index contributed by atoms with van der Waals surface area (Å²) in [6.45, 7) is 0. The molecule has 0 spiro atoms. The molecule has 0 aliphatic heterocycles. The van der Waals surface area contributed by atoms with Crippen LogP contribution in [-0.2, 0) is 16.0 Å². The Kier molecular flexibility index (Phi) is 8.16. The Morgan fingerprint density at radius 2 is 1.20 bits per heavy atom. The summed E-state index contributed by atoms with van der Waals surface area (Å²) in [7, 11) is 0. The molecule has 3 amide bonds. The molecule has 41 heavy (non-hydrogen) atoms. The van der Waals surface area contributed by atoms with Crippen molar-refractivity contribution in [2.24, 2.45) is 5.92 Å². The van der Waals surface area contributed by atoms with Crippen LogP contribution in [-0.4, -0.2) is 27.5 Å². The first-order valence-electron chi connectivity index (χ1n) is 13.0. The third-order valence-corrected chi connectivity index (χ3v) is 6.37. The summed E-state index contributed by atoms with van der Waals surface area (Å²) in [6.07, 6.45) is 1.77. The van der Waals surface area contributed by atoms with Gasteiger partial charge in [-0.2, -0.15) is 0 Å². The third kappa shape index (κ3) is 6.85. The summed E-state index contributed by atoms with van der Waals surface area (Å²) >= 11 is 0. The Hall–Kier alpha value is -5.70. The highest BCUT2D eigenvalue weighted by Crippen LogP contribution is 2.21. The molecule has 5 N–H and O–H groups in total. The second kappa shape index (κ2) is 12.4. The SMILES string of the molecule is Nc1cn(-c2ccccc2)nc1NC(=O)c1ccc(CC(C(=O)Nc2ccccc2)C(=O)Nc2ccccc2)cc1. The minimum absolute atomic E-state index is 0.133. The molecule has 0 radical (unpaired) electrons. The van der Waals surface area contributed by atoms with Gasteiger partial charge in [-0.05, 0) is 60.5 Å². The zero-order valence-electron chi connectivity index (χ0n) is 22.0. The van der Waals surface area contributed by atoms with Gasteiger partial charge in [0.1, 0.15) is 5.92 Å². The lowest BCUT2D eigenvalue weighted by Crippen LogP contribution is -2.35. The van der Waals surface area contributed by atoms with E-state index in [1.165, 1.54) is 0 Å². The number of hydrogen-bond donors (Lipinski definition) is 4. The van der Waals surface area contributed by atoms with Gasteiger partial charge in [0, 0.05) is 16.9 Å². The van der Waals surface area contributed by atoms with Crippen LogP contribution in [0.15, 0.2) is 121 Å². The van der Waals surface area contributed by atoms with Crippen molar-refractivity contribution in [3.8, 4) is 5.69 Å². The molecule has 0 aliphatic carbocycles. The molecule has 0 atom stereocenters. The van der Waals surface area contributed by atoms with Crippen molar-refractivity contribution in [1.29, 1.82) is 0 Å². The van der Waals surface area contributed by atoms with Crippen LogP contribution >= 0.6 is 0 Å². The van der Waals surface area contributed by atoms with Gasteiger partial charge >= 0.3 is 0 Å². The van der Waals surface area contributed by atoms with Crippen molar-refractivity contribution in [2.75, 3.05) is 21.7 Å². The van der Waals surface area contributed by atoms with E-state index in [-0.39, 0.29) is 18.1 Å². The van der Waals surface area contributed by atoms with Gasteiger partial charge in [0.25, 0.3) is 5.91 Å². The molecule has 0 saturated carbocycles. The van der Waals surface area contributed by atoms with Gasteiger partial charge < -0.3 is 21.7 Å². The first-order valence-corrected chi connectivity index (χ1v) is 13.0. The average molecular weight is 545 g/mol. The molecule has 0 unspecified atom stereocenters. The van der Waals surface area contributed by atoms with Gasteiger partial charge in [-0.3, -0.25) is 14.4 Å². The number of para-hydroxylation sites is 3. The van der Waals surface area contributed by atoms with Crippen molar-refractivity contribution in [3.63, 3.8) is 0 Å². The predicted molar refractivity (Wildman–Crippen MR) is 160 cm³/mol. The van der Waals surface area contributed by atoms with E-state index in [9.17, 15) is 14.4 Å². The fourth-order valence-electron chi connectivity index (χ4n) is 4.21. The van der Waals surface area contributed by atoms with E-state index >= 15 is 0 Å². The van der Waals surface area contributed by atoms with E-state index in [1.54, 1.807) is 83.7 Å². The lowest BCUT2D eigenvalue weighted by atomic mass is 9.96. The molecule has 0 fully saturated rings. The van der Waals surface area contributed by atoms with Gasteiger partial charge in [0.05, 0.1) is 17.6 Å². The fraction of sp³-hybridized carbons (Fsp3) is 0.0625. The highest BCUT2D eigenvalue weighted by molar-refractivity contribution is 6.11. The van der Waals surface area contributed by atoms with E-state index in [4.69, 9.17) is 5.73 Å². The third-order valence-electron chi connectivity index (χ3n) is 6.37. The van der Waals surface area contributed by atoms with Gasteiger partial charge in [0.15, 0.2) is 5.82 Å². The topological polar surface area (TPSA) is 131 Å². The van der Waals surface area contributed by atoms with Crippen LogP contribution < -0.4 is 21.7 Å². The molecular weight excluding hydrogens is 516 g/mol. The standard InChI is InChI=1S/C32H28N6O3/c33-28-21-38(26-14-8-3-9-15-26)37-29(28)36-30(39)23-18-16-22(17-19-23)20-27(31(40)34-24-10-4-1-5-11-24)32(41)35-25-12-6-2-7-13-25/h1-19,21,27H,20,33H2,(H,34,40)(H,35,41)(H,36,37,39). The Morgan fingerprint density at radius 3 is 1.73 bits per heavy atom. The highest BCUT2D eigenvalue weighted by Gasteiger charge is 2.27. The minimum Gasteiger partial charge on any atom is -0.394 e. The first kappa shape index (κ1) is 26.9. The van der Waals surface area contributed by atoms with Crippen molar-refractivity contribution in [1.82, 2.24) is 9.78 Å². The van der Waals surface area contributed by atoms with Crippen molar-refractivity contribution in [2.45, 2.75) is 6.42 Å². The molecular formula is C32H28N6O3. The zero-order chi connectivity index (χ0) is 28.6. The maximum absolute atomic E-state index is 13.2. The van der Waals surface area contributed by atoms with Gasteiger partial charge in [-0.25, -0.2) is 4.68 Å². The van der Waals surface area contributed by atoms with E-state index in [0.29, 0.717) is 28.2 Å². The second-order valence-corrected chi connectivity index (χ2v) is 9.33. The van der Waals surface area contributed by atoms with Crippen molar-refractivity contribution < 1.29 is 14.4 Å². The Balaban J connectivity index is 1.29. The summed E-state index contributed by atoms with van der Waals surface area (Å²) < 4.78 is 1.59. The first-order chi connectivity index (χ1) is 20.0. The summed E-state index contributed by atoms with van der Waals surface area (Å²) in [5, 5.41) is 12.8. The van der Waals surface area contributed by atoms with Crippen LogP contribution in [0.3, 0.4) is 0 Å². The number of nitrogens with zero attached hydrogens (tertiary/aromatic N) is 2. The maximum Gasteiger partial charge on any atom is 0.256 e. The molecule has 1 aromatic heterocycles. The number of nitrogens with two attached hydrogens (primary N) is 1. The molecule has 0 bridgehead atoms. The molecule has 1 heterocycles. The number of carbonyl (C=O) groups is 3. The molecule has 9 heteroatoms. The molecule has 5 aromatic rings. The summed E-state index contributed by atoms with van der Waals surface area (Å²) in [4.78, 5) is 39.3. The van der Waals surface area contributed by atoms with Crippen LogP contribution in [0.4, 0.5) is 22.9 Å². The zero-order valence-corrected chi connectivity index (χ0v) is 22.0. The van der Waals surface area contributed by atoms with E-state index in [0.717, 1.165) is 5.69 Å². The molecule has 0 aliphatic rings. The predicted octanol–water partition coefficient (Wildman–Crippen LogP) is 5.14. The van der Waals surface area contributed by atoms with Crippen LogP contribution in [0.1, 0.15) is 15.9 Å². The largest absolute Gasteiger partial charge is 0.394 e. The number of anilines is 4. The monoisotopic (exact) mass is 544 g/mol. The summed E-state index contributed by atoms with van der Waals surface area (Å²) in [5.41, 5.74) is 9.49. The van der Waals surface area contributed by atoms with Crippen LogP contribution in [0.2, 0.25) is 0 Å². The number of rotatable bonds is 9. The summed E-state index contributed by atoms with van der Waals surface area (Å²) in [6, 6.07) is 34.1.